The lowest BCUT2D eigenvalue weighted by Gasteiger charge is -2.25. The van der Waals surface area contributed by atoms with Crippen LogP contribution >= 0.6 is 0 Å². The molecule has 1 aromatic carbocycles. The molecular formula is C16H26N+. The van der Waals surface area contributed by atoms with Gasteiger partial charge < -0.3 is 5.73 Å². The molecule has 0 bridgehead atoms. The first-order chi connectivity index (χ1) is 7.97. The van der Waals surface area contributed by atoms with Crippen molar-refractivity contribution in [3.05, 3.63) is 35.4 Å². The molecule has 0 aliphatic heterocycles. The predicted molar refractivity (Wildman–Crippen MR) is 73.0 cm³/mol. The molecule has 1 aliphatic carbocycles. The van der Waals surface area contributed by atoms with E-state index in [0.29, 0.717) is 6.04 Å². The fraction of sp³-hybridized carbons (Fsp3) is 0.625. The minimum absolute atomic E-state index is 0.267. The van der Waals surface area contributed by atoms with Crippen LogP contribution in [0.2, 0.25) is 0 Å². The van der Waals surface area contributed by atoms with Crippen LogP contribution in [0.15, 0.2) is 24.3 Å². The summed E-state index contributed by atoms with van der Waals surface area (Å²) in [5.74, 6) is 0.780. The van der Waals surface area contributed by atoms with Crippen LogP contribution < -0.4 is 5.73 Å². The van der Waals surface area contributed by atoms with Crippen LogP contribution in [-0.4, -0.2) is 6.04 Å². The van der Waals surface area contributed by atoms with Crippen molar-refractivity contribution in [1.29, 1.82) is 0 Å². The van der Waals surface area contributed by atoms with Gasteiger partial charge in [0.25, 0.3) is 0 Å². The molecule has 0 unspecified atom stereocenters. The Kier molecular flexibility index (Phi) is 3.58. The first-order valence-corrected chi connectivity index (χ1v) is 6.90. The summed E-state index contributed by atoms with van der Waals surface area (Å²) < 4.78 is 0. The summed E-state index contributed by atoms with van der Waals surface area (Å²) in [5.41, 5.74) is 7.41. The summed E-state index contributed by atoms with van der Waals surface area (Å²) in [5, 5.41) is 0. The van der Waals surface area contributed by atoms with E-state index < -0.39 is 0 Å². The van der Waals surface area contributed by atoms with E-state index in [1.807, 2.05) is 0 Å². The molecule has 1 saturated carbocycles. The fourth-order valence-electron chi connectivity index (χ4n) is 2.75. The second-order valence-electron chi connectivity index (χ2n) is 6.59. The molecule has 0 spiro atoms. The molecule has 0 saturated heterocycles. The molecule has 0 aromatic heterocycles. The minimum atomic E-state index is 0.267. The standard InChI is InChI=1S/C16H25N/c1-16(2,3)14-8-4-12(5-9-14)13-6-10-15(17)11-7-13/h4-5,8-9,13,15H,6-7,10-11,17H2,1-3H3/p+1. The van der Waals surface area contributed by atoms with Crippen molar-refractivity contribution in [3.63, 3.8) is 0 Å². The van der Waals surface area contributed by atoms with Gasteiger partial charge in [0.2, 0.25) is 0 Å². The van der Waals surface area contributed by atoms with Gasteiger partial charge in [-0.25, -0.2) is 0 Å². The van der Waals surface area contributed by atoms with Crippen molar-refractivity contribution in [3.8, 4) is 0 Å². The van der Waals surface area contributed by atoms with Crippen molar-refractivity contribution in [2.45, 2.75) is 63.8 Å². The zero-order chi connectivity index (χ0) is 12.5. The zero-order valence-electron chi connectivity index (χ0n) is 11.5. The maximum Gasteiger partial charge on any atom is 0.0844 e. The van der Waals surface area contributed by atoms with Crippen LogP contribution in [0.5, 0.6) is 0 Å². The van der Waals surface area contributed by atoms with Crippen LogP contribution in [0.25, 0.3) is 0 Å². The molecule has 1 aliphatic rings. The molecule has 0 radical (unpaired) electrons. The molecule has 1 aromatic rings. The van der Waals surface area contributed by atoms with Gasteiger partial charge in [-0.1, -0.05) is 45.0 Å². The van der Waals surface area contributed by atoms with E-state index in [0.717, 1.165) is 5.92 Å². The second-order valence-corrected chi connectivity index (χ2v) is 6.59. The maximum absolute atomic E-state index is 4.17. The summed E-state index contributed by atoms with van der Waals surface area (Å²) in [4.78, 5) is 0. The first-order valence-electron chi connectivity index (χ1n) is 6.90. The third kappa shape index (κ3) is 3.10. The molecule has 2 rings (SSSR count). The number of hydrogen-bond donors (Lipinski definition) is 1. The number of hydrogen-bond acceptors (Lipinski definition) is 0. The molecule has 1 fully saturated rings. The third-order valence-electron chi connectivity index (χ3n) is 4.09. The third-order valence-corrected chi connectivity index (χ3v) is 4.09. The molecule has 0 heterocycles. The van der Waals surface area contributed by atoms with Gasteiger partial charge in [0.1, 0.15) is 0 Å². The van der Waals surface area contributed by atoms with Gasteiger partial charge >= 0.3 is 0 Å². The van der Waals surface area contributed by atoms with Crippen molar-refractivity contribution in [2.24, 2.45) is 0 Å². The van der Waals surface area contributed by atoms with Gasteiger partial charge in [-0.2, -0.15) is 0 Å². The Balaban J connectivity index is 2.08. The van der Waals surface area contributed by atoms with Crippen molar-refractivity contribution < 1.29 is 5.73 Å². The SMILES string of the molecule is CC(C)(C)c1ccc(C2CCC([NH3+])CC2)cc1. The van der Waals surface area contributed by atoms with Crippen LogP contribution in [0, 0.1) is 0 Å². The summed E-state index contributed by atoms with van der Waals surface area (Å²) in [6.45, 7) is 6.82. The lowest BCUT2D eigenvalue weighted by atomic mass is 9.80. The Hall–Kier alpha value is -0.820. The van der Waals surface area contributed by atoms with E-state index >= 15 is 0 Å². The van der Waals surface area contributed by atoms with Gasteiger partial charge in [-0.3, -0.25) is 0 Å². The van der Waals surface area contributed by atoms with Gasteiger partial charge in [-0.05, 0) is 48.1 Å². The number of benzene rings is 1. The Morgan fingerprint density at radius 2 is 1.47 bits per heavy atom. The van der Waals surface area contributed by atoms with E-state index in [9.17, 15) is 0 Å². The summed E-state index contributed by atoms with van der Waals surface area (Å²) >= 11 is 0. The van der Waals surface area contributed by atoms with E-state index in [1.54, 1.807) is 0 Å². The monoisotopic (exact) mass is 232 g/mol. The zero-order valence-corrected chi connectivity index (χ0v) is 11.5. The molecule has 0 amide bonds. The molecule has 17 heavy (non-hydrogen) atoms. The molecule has 3 N–H and O–H groups in total. The second kappa shape index (κ2) is 4.81. The van der Waals surface area contributed by atoms with Gasteiger partial charge in [0, 0.05) is 0 Å². The molecule has 1 heteroatoms. The summed E-state index contributed by atoms with van der Waals surface area (Å²) in [6.07, 6.45) is 5.24. The predicted octanol–water partition coefficient (Wildman–Crippen LogP) is 3.25. The molecule has 94 valence electrons. The Bertz CT molecular complexity index is 350. The number of rotatable bonds is 1. The lowest BCUT2D eigenvalue weighted by Crippen LogP contribution is -2.61. The smallest absolute Gasteiger partial charge is 0.0844 e. The Labute approximate surface area is 105 Å². The van der Waals surface area contributed by atoms with Crippen LogP contribution in [-0.2, 0) is 5.41 Å². The average Bonchev–Trinajstić information content (AvgIpc) is 2.29. The molecular weight excluding hydrogens is 206 g/mol. The van der Waals surface area contributed by atoms with Crippen molar-refractivity contribution in [2.75, 3.05) is 0 Å². The quantitative estimate of drug-likeness (QED) is 0.770. The highest BCUT2D eigenvalue weighted by molar-refractivity contribution is 5.29. The van der Waals surface area contributed by atoms with Crippen LogP contribution in [0.4, 0.5) is 0 Å². The Morgan fingerprint density at radius 1 is 0.941 bits per heavy atom. The highest BCUT2D eigenvalue weighted by atomic mass is 14.6. The van der Waals surface area contributed by atoms with Crippen LogP contribution in [0.3, 0.4) is 0 Å². The van der Waals surface area contributed by atoms with Gasteiger partial charge in [0.05, 0.1) is 6.04 Å². The highest BCUT2D eigenvalue weighted by Crippen LogP contribution is 2.33. The largest absolute Gasteiger partial charge is 0.355 e. The minimum Gasteiger partial charge on any atom is -0.355 e. The van der Waals surface area contributed by atoms with Crippen molar-refractivity contribution >= 4 is 0 Å². The Morgan fingerprint density at radius 3 is 1.94 bits per heavy atom. The molecule has 0 atom stereocenters. The maximum atomic E-state index is 4.17. The normalized spacial score (nSPS) is 25.9. The average molecular weight is 232 g/mol. The van der Waals surface area contributed by atoms with E-state index in [4.69, 9.17) is 0 Å². The fourth-order valence-corrected chi connectivity index (χ4v) is 2.75. The number of quaternary nitrogens is 1. The van der Waals surface area contributed by atoms with E-state index in [2.05, 4.69) is 50.8 Å². The molecule has 1 nitrogen and oxygen atoms in total. The van der Waals surface area contributed by atoms with E-state index in [1.165, 1.54) is 36.8 Å². The highest BCUT2D eigenvalue weighted by Gasteiger charge is 2.22. The van der Waals surface area contributed by atoms with Gasteiger partial charge in [0.15, 0.2) is 0 Å². The van der Waals surface area contributed by atoms with Crippen molar-refractivity contribution in [1.82, 2.24) is 0 Å². The topological polar surface area (TPSA) is 27.6 Å². The van der Waals surface area contributed by atoms with E-state index in [-0.39, 0.29) is 5.41 Å². The van der Waals surface area contributed by atoms with Crippen LogP contribution in [0.1, 0.15) is 63.5 Å². The summed E-state index contributed by atoms with van der Waals surface area (Å²) in [7, 11) is 0. The summed E-state index contributed by atoms with van der Waals surface area (Å²) in [6, 6.07) is 10.0. The van der Waals surface area contributed by atoms with Gasteiger partial charge in [-0.15, -0.1) is 0 Å². The lowest BCUT2D eigenvalue weighted by molar-refractivity contribution is -0.425. The first kappa shape index (κ1) is 12.6.